The minimum absolute atomic E-state index is 0.0287. The van der Waals surface area contributed by atoms with Crippen LogP contribution < -0.4 is 5.32 Å². The molecule has 0 spiro atoms. The number of hydrogen-bond acceptors (Lipinski definition) is 4. The second-order valence-corrected chi connectivity index (χ2v) is 7.21. The van der Waals surface area contributed by atoms with Crippen molar-refractivity contribution in [2.24, 2.45) is 11.8 Å². The standard InChI is InChI=1S/C16H24N2O3S/c1-4-16(3,15-17-10(2)9-22-15)18-13(19)11-5-7-12(8-6-11)14(20)21/h9,11-12H,4-8H2,1-3H3,(H,18,19)(H,20,21). The largest absolute Gasteiger partial charge is 0.481 e. The lowest BCUT2D eigenvalue weighted by atomic mass is 9.81. The second-order valence-electron chi connectivity index (χ2n) is 6.36. The maximum atomic E-state index is 12.5. The van der Waals surface area contributed by atoms with E-state index in [0.717, 1.165) is 17.1 Å². The van der Waals surface area contributed by atoms with E-state index < -0.39 is 11.5 Å². The molecular formula is C16H24N2O3S. The van der Waals surface area contributed by atoms with Crippen molar-refractivity contribution in [3.8, 4) is 0 Å². The summed E-state index contributed by atoms with van der Waals surface area (Å²) in [7, 11) is 0. The van der Waals surface area contributed by atoms with Crippen LogP contribution in [-0.4, -0.2) is 22.0 Å². The highest BCUT2D eigenvalue weighted by molar-refractivity contribution is 7.09. The van der Waals surface area contributed by atoms with E-state index in [0.29, 0.717) is 25.7 Å². The molecule has 1 aromatic rings. The van der Waals surface area contributed by atoms with Crippen LogP contribution in [0.25, 0.3) is 0 Å². The smallest absolute Gasteiger partial charge is 0.306 e. The van der Waals surface area contributed by atoms with Crippen LogP contribution >= 0.6 is 11.3 Å². The van der Waals surface area contributed by atoms with Gasteiger partial charge in [-0.15, -0.1) is 11.3 Å². The van der Waals surface area contributed by atoms with E-state index in [1.165, 1.54) is 0 Å². The van der Waals surface area contributed by atoms with Crippen LogP contribution in [0.1, 0.15) is 56.7 Å². The van der Waals surface area contributed by atoms with Gasteiger partial charge < -0.3 is 10.4 Å². The van der Waals surface area contributed by atoms with Crippen molar-refractivity contribution in [3.63, 3.8) is 0 Å². The fourth-order valence-electron chi connectivity index (χ4n) is 2.88. The van der Waals surface area contributed by atoms with Crippen LogP contribution in [0.5, 0.6) is 0 Å². The Kier molecular flexibility index (Phi) is 5.21. The van der Waals surface area contributed by atoms with Crippen LogP contribution in [0.4, 0.5) is 0 Å². The highest BCUT2D eigenvalue weighted by Gasteiger charge is 2.35. The van der Waals surface area contributed by atoms with Gasteiger partial charge in [-0.05, 0) is 46.0 Å². The lowest BCUT2D eigenvalue weighted by Crippen LogP contribution is -2.46. The van der Waals surface area contributed by atoms with Gasteiger partial charge in [-0.25, -0.2) is 4.98 Å². The summed E-state index contributed by atoms with van der Waals surface area (Å²) >= 11 is 1.57. The van der Waals surface area contributed by atoms with Crippen molar-refractivity contribution in [1.82, 2.24) is 10.3 Å². The first-order valence-electron chi connectivity index (χ1n) is 7.83. The number of carboxylic acid groups (broad SMARTS) is 1. The van der Waals surface area contributed by atoms with Gasteiger partial charge in [0.05, 0.1) is 11.5 Å². The number of carboxylic acids is 1. The summed E-state index contributed by atoms with van der Waals surface area (Å²) in [6.45, 7) is 6.00. The van der Waals surface area contributed by atoms with Crippen molar-refractivity contribution < 1.29 is 14.7 Å². The van der Waals surface area contributed by atoms with Gasteiger partial charge in [0.1, 0.15) is 5.01 Å². The van der Waals surface area contributed by atoms with Crippen molar-refractivity contribution in [1.29, 1.82) is 0 Å². The number of aliphatic carboxylic acids is 1. The Bertz CT molecular complexity index is 549. The molecule has 1 atom stereocenters. The first kappa shape index (κ1) is 16.9. The molecule has 122 valence electrons. The van der Waals surface area contributed by atoms with Crippen molar-refractivity contribution in [2.45, 2.75) is 58.4 Å². The first-order chi connectivity index (χ1) is 10.4. The summed E-state index contributed by atoms with van der Waals surface area (Å²) in [4.78, 5) is 28.0. The molecule has 1 aliphatic carbocycles. The van der Waals surface area contributed by atoms with Gasteiger partial charge in [0, 0.05) is 17.0 Å². The average molecular weight is 324 g/mol. The molecule has 1 heterocycles. The molecule has 0 aromatic carbocycles. The Balaban J connectivity index is 2.00. The molecule has 0 radical (unpaired) electrons. The number of amides is 1. The molecule has 1 aromatic heterocycles. The lowest BCUT2D eigenvalue weighted by Gasteiger charge is -2.32. The molecule has 1 saturated carbocycles. The van der Waals surface area contributed by atoms with Crippen LogP contribution in [0.3, 0.4) is 0 Å². The van der Waals surface area contributed by atoms with E-state index in [1.807, 2.05) is 26.2 Å². The summed E-state index contributed by atoms with van der Waals surface area (Å²) in [5.41, 5.74) is 0.524. The third-order valence-corrected chi connectivity index (χ3v) is 5.87. The van der Waals surface area contributed by atoms with Gasteiger partial charge >= 0.3 is 5.97 Å². The van der Waals surface area contributed by atoms with Crippen LogP contribution in [0.15, 0.2) is 5.38 Å². The third kappa shape index (κ3) is 3.66. The summed E-state index contributed by atoms with van der Waals surface area (Å²) in [5.74, 6) is -1.08. The minimum Gasteiger partial charge on any atom is -0.481 e. The highest BCUT2D eigenvalue weighted by Crippen LogP contribution is 2.32. The minimum atomic E-state index is -0.740. The van der Waals surface area contributed by atoms with Crippen molar-refractivity contribution in [3.05, 3.63) is 16.1 Å². The lowest BCUT2D eigenvalue weighted by molar-refractivity contribution is -0.144. The normalized spacial score (nSPS) is 24.5. The second kappa shape index (κ2) is 6.77. The molecular weight excluding hydrogens is 300 g/mol. The number of carbonyl (C=O) groups excluding carboxylic acids is 1. The van der Waals surface area contributed by atoms with Gasteiger partial charge in [-0.1, -0.05) is 6.92 Å². The molecule has 5 nitrogen and oxygen atoms in total. The van der Waals surface area contributed by atoms with E-state index in [-0.39, 0.29) is 17.7 Å². The number of nitrogens with one attached hydrogen (secondary N) is 1. The fourth-order valence-corrected chi connectivity index (χ4v) is 3.86. The maximum Gasteiger partial charge on any atom is 0.306 e. The summed E-state index contributed by atoms with van der Waals surface area (Å²) in [6.07, 6.45) is 3.26. The monoisotopic (exact) mass is 324 g/mol. The number of thiazole rings is 1. The molecule has 1 unspecified atom stereocenters. The van der Waals surface area contributed by atoms with Crippen molar-refractivity contribution in [2.75, 3.05) is 0 Å². The molecule has 2 N–H and O–H groups in total. The van der Waals surface area contributed by atoms with Gasteiger partial charge in [0.15, 0.2) is 0 Å². The number of hydrogen-bond donors (Lipinski definition) is 2. The summed E-state index contributed by atoms with van der Waals surface area (Å²) in [6, 6.07) is 0. The van der Waals surface area contributed by atoms with E-state index in [2.05, 4.69) is 10.3 Å². The number of carbonyl (C=O) groups is 2. The van der Waals surface area contributed by atoms with Gasteiger partial charge in [0.2, 0.25) is 5.91 Å². The molecule has 0 aliphatic heterocycles. The SMILES string of the molecule is CCC(C)(NC(=O)C1CCC(C(=O)O)CC1)c1nc(C)cs1. The van der Waals surface area contributed by atoms with Gasteiger partial charge in [-0.2, -0.15) is 0 Å². The molecule has 6 heteroatoms. The quantitative estimate of drug-likeness (QED) is 0.872. The van der Waals surface area contributed by atoms with Gasteiger partial charge in [-0.3, -0.25) is 9.59 Å². The van der Waals surface area contributed by atoms with E-state index in [1.54, 1.807) is 11.3 Å². The molecule has 1 aliphatic rings. The molecule has 1 amide bonds. The Morgan fingerprint density at radius 3 is 2.41 bits per heavy atom. The maximum absolute atomic E-state index is 12.5. The van der Waals surface area contributed by atoms with Crippen molar-refractivity contribution >= 4 is 23.2 Å². The predicted octanol–water partition coefficient (Wildman–Crippen LogP) is 3.08. The van der Waals surface area contributed by atoms with Crippen LogP contribution in [-0.2, 0) is 15.1 Å². The summed E-state index contributed by atoms with van der Waals surface area (Å²) in [5, 5.41) is 15.1. The number of aryl methyl sites for hydroxylation is 1. The number of rotatable bonds is 5. The molecule has 0 bridgehead atoms. The molecule has 0 saturated heterocycles. The van der Waals surface area contributed by atoms with E-state index >= 15 is 0 Å². The molecule has 2 rings (SSSR count). The Labute approximate surface area is 135 Å². The predicted molar refractivity (Wildman–Crippen MR) is 85.7 cm³/mol. The average Bonchev–Trinajstić information content (AvgIpc) is 2.94. The number of aromatic nitrogens is 1. The fraction of sp³-hybridized carbons (Fsp3) is 0.688. The molecule has 1 fully saturated rings. The zero-order chi connectivity index (χ0) is 16.3. The zero-order valence-corrected chi connectivity index (χ0v) is 14.2. The van der Waals surface area contributed by atoms with E-state index in [4.69, 9.17) is 5.11 Å². The molecule has 22 heavy (non-hydrogen) atoms. The topological polar surface area (TPSA) is 79.3 Å². The Morgan fingerprint density at radius 1 is 1.36 bits per heavy atom. The highest BCUT2D eigenvalue weighted by atomic mass is 32.1. The first-order valence-corrected chi connectivity index (χ1v) is 8.71. The van der Waals surface area contributed by atoms with Crippen LogP contribution in [0.2, 0.25) is 0 Å². The summed E-state index contributed by atoms with van der Waals surface area (Å²) < 4.78 is 0. The zero-order valence-electron chi connectivity index (χ0n) is 13.4. The third-order valence-electron chi connectivity index (χ3n) is 4.64. The Hall–Kier alpha value is -1.43. The Morgan fingerprint density at radius 2 is 1.95 bits per heavy atom. The number of nitrogens with zero attached hydrogens (tertiary/aromatic N) is 1. The van der Waals surface area contributed by atoms with E-state index in [9.17, 15) is 9.59 Å². The van der Waals surface area contributed by atoms with Crippen LogP contribution in [0, 0.1) is 18.8 Å². The van der Waals surface area contributed by atoms with Gasteiger partial charge in [0.25, 0.3) is 0 Å².